The molecule has 1 aliphatic rings. The lowest BCUT2D eigenvalue weighted by atomic mass is 10.1. The van der Waals surface area contributed by atoms with Gasteiger partial charge in [0.2, 0.25) is 0 Å². The van der Waals surface area contributed by atoms with Crippen molar-refractivity contribution in [2.24, 2.45) is 0 Å². The SMILES string of the molecule is O=[N+]([O-])c1ccc(N2CCN(CCCc3ccccc3)CC2)cc1. The van der Waals surface area contributed by atoms with Crippen molar-refractivity contribution in [2.75, 3.05) is 37.6 Å². The fourth-order valence-electron chi connectivity index (χ4n) is 3.17. The van der Waals surface area contributed by atoms with E-state index in [-0.39, 0.29) is 10.6 Å². The van der Waals surface area contributed by atoms with E-state index in [4.69, 9.17) is 0 Å². The molecule has 24 heavy (non-hydrogen) atoms. The van der Waals surface area contributed by atoms with Gasteiger partial charge in [-0.3, -0.25) is 15.0 Å². The maximum absolute atomic E-state index is 10.7. The standard InChI is InChI=1S/C19H23N3O2/c23-22(24)19-10-8-18(9-11-19)21-15-13-20(14-16-21)12-4-7-17-5-2-1-3-6-17/h1-3,5-6,8-11H,4,7,12-16H2. The van der Waals surface area contributed by atoms with E-state index in [2.05, 4.69) is 40.1 Å². The van der Waals surface area contributed by atoms with Crippen LogP contribution in [0.15, 0.2) is 54.6 Å². The molecule has 1 aliphatic heterocycles. The molecule has 0 radical (unpaired) electrons. The highest BCUT2D eigenvalue weighted by molar-refractivity contribution is 5.51. The van der Waals surface area contributed by atoms with E-state index >= 15 is 0 Å². The van der Waals surface area contributed by atoms with Gasteiger partial charge in [0.15, 0.2) is 0 Å². The van der Waals surface area contributed by atoms with Gasteiger partial charge in [0, 0.05) is 44.0 Å². The van der Waals surface area contributed by atoms with Crippen molar-refractivity contribution in [3.63, 3.8) is 0 Å². The van der Waals surface area contributed by atoms with Crippen molar-refractivity contribution in [3.8, 4) is 0 Å². The van der Waals surface area contributed by atoms with Crippen molar-refractivity contribution in [2.45, 2.75) is 12.8 Å². The molecule has 2 aromatic carbocycles. The molecule has 0 atom stereocenters. The minimum Gasteiger partial charge on any atom is -0.369 e. The summed E-state index contributed by atoms with van der Waals surface area (Å²) in [5.41, 5.74) is 2.63. The number of nitrogens with zero attached hydrogens (tertiary/aromatic N) is 3. The summed E-state index contributed by atoms with van der Waals surface area (Å²) in [5.74, 6) is 0. The monoisotopic (exact) mass is 325 g/mol. The van der Waals surface area contributed by atoms with Crippen LogP contribution in [0.25, 0.3) is 0 Å². The van der Waals surface area contributed by atoms with Gasteiger partial charge >= 0.3 is 0 Å². The zero-order valence-corrected chi connectivity index (χ0v) is 13.8. The molecule has 1 heterocycles. The van der Waals surface area contributed by atoms with E-state index in [1.54, 1.807) is 12.1 Å². The van der Waals surface area contributed by atoms with Gasteiger partial charge in [-0.25, -0.2) is 0 Å². The largest absolute Gasteiger partial charge is 0.369 e. The van der Waals surface area contributed by atoms with Gasteiger partial charge < -0.3 is 4.90 Å². The Balaban J connectivity index is 1.43. The normalized spacial score (nSPS) is 15.4. The zero-order chi connectivity index (χ0) is 16.8. The lowest BCUT2D eigenvalue weighted by molar-refractivity contribution is -0.384. The second kappa shape index (κ2) is 7.93. The lowest BCUT2D eigenvalue weighted by Crippen LogP contribution is -2.46. The molecule has 0 N–H and O–H groups in total. The molecule has 0 aromatic heterocycles. The summed E-state index contributed by atoms with van der Waals surface area (Å²) >= 11 is 0. The number of aryl methyl sites for hydroxylation is 1. The minimum atomic E-state index is -0.353. The number of nitro groups is 1. The lowest BCUT2D eigenvalue weighted by Gasteiger charge is -2.36. The molecule has 0 saturated carbocycles. The summed E-state index contributed by atoms with van der Waals surface area (Å²) in [7, 11) is 0. The molecule has 0 bridgehead atoms. The quantitative estimate of drug-likeness (QED) is 0.604. The van der Waals surface area contributed by atoms with Crippen molar-refractivity contribution in [1.29, 1.82) is 0 Å². The van der Waals surface area contributed by atoms with E-state index in [0.717, 1.165) is 44.8 Å². The Labute approximate surface area is 142 Å². The third-order valence-corrected chi connectivity index (χ3v) is 4.58. The summed E-state index contributed by atoms with van der Waals surface area (Å²) in [6.45, 7) is 5.17. The van der Waals surface area contributed by atoms with Gasteiger partial charge in [0.25, 0.3) is 5.69 Å². The van der Waals surface area contributed by atoms with Gasteiger partial charge in [-0.2, -0.15) is 0 Å². The predicted molar refractivity (Wildman–Crippen MR) is 96.5 cm³/mol. The Hall–Kier alpha value is -2.40. The molecule has 2 aromatic rings. The van der Waals surface area contributed by atoms with Crippen LogP contribution in [0.3, 0.4) is 0 Å². The highest BCUT2D eigenvalue weighted by atomic mass is 16.6. The van der Waals surface area contributed by atoms with Crippen LogP contribution in [0.2, 0.25) is 0 Å². The van der Waals surface area contributed by atoms with Crippen LogP contribution in [-0.2, 0) is 6.42 Å². The summed E-state index contributed by atoms with van der Waals surface area (Å²) in [4.78, 5) is 15.2. The van der Waals surface area contributed by atoms with Crippen molar-refractivity contribution in [3.05, 3.63) is 70.3 Å². The van der Waals surface area contributed by atoms with Crippen LogP contribution in [0.1, 0.15) is 12.0 Å². The fourth-order valence-corrected chi connectivity index (χ4v) is 3.17. The van der Waals surface area contributed by atoms with Gasteiger partial charge in [0.05, 0.1) is 4.92 Å². The number of nitro benzene ring substituents is 1. The number of piperazine rings is 1. The van der Waals surface area contributed by atoms with Crippen molar-refractivity contribution in [1.82, 2.24) is 4.90 Å². The first-order chi connectivity index (χ1) is 11.7. The smallest absolute Gasteiger partial charge is 0.269 e. The molecule has 0 unspecified atom stereocenters. The number of rotatable bonds is 6. The second-order valence-corrected chi connectivity index (χ2v) is 6.19. The fraction of sp³-hybridized carbons (Fsp3) is 0.368. The number of non-ortho nitro benzene ring substituents is 1. The number of hydrogen-bond donors (Lipinski definition) is 0. The van der Waals surface area contributed by atoms with Gasteiger partial charge in [0.1, 0.15) is 0 Å². The zero-order valence-electron chi connectivity index (χ0n) is 13.8. The van der Waals surface area contributed by atoms with Gasteiger partial charge in [-0.1, -0.05) is 30.3 Å². The van der Waals surface area contributed by atoms with Crippen molar-refractivity contribution < 1.29 is 4.92 Å². The van der Waals surface area contributed by atoms with Crippen molar-refractivity contribution >= 4 is 11.4 Å². The maximum Gasteiger partial charge on any atom is 0.269 e. The average molecular weight is 325 g/mol. The molecular weight excluding hydrogens is 302 g/mol. The third kappa shape index (κ3) is 4.32. The van der Waals surface area contributed by atoms with E-state index in [9.17, 15) is 10.1 Å². The number of benzene rings is 2. The average Bonchev–Trinajstić information content (AvgIpc) is 2.63. The summed E-state index contributed by atoms with van der Waals surface area (Å²) in [5, 5.41) is 10.7. The first kappa shape index (κ1) is 16.5. The first-order valence-corrected chi connectivity index (χ1v) is 8.48. The van der Waals surface area contributed by atoms with Crippen LogP contribution in [0.4, 0.5) is 11.4 Å². The first-order valence-electron chi connectivity index (χ1n) is 8.48. The summed E-state index contributed by atoms with van der Waals surface area (Å²) < 4.78 is 0. The maximum atomic E-state index is 10.7. The van der Waals surface area contributed by atoms with E-state index in [1.807, 2.05) is 12.1 Å². The van der Waals surface area contributed by atoms with Crippen LogP contribution in [-0.4, -0.2) is 42.5 Å². The second-order valence-electron chi connectivity index (χ2n) is 6.19. The molecule has 3 rings (SSSR count). The highest BCUT2D eigenvalue weighted by Crippen LogP contribution is 2.20. The van der Waals surface area contributed by atoms with Crippen LogP contribution in [0, 0.1) is 10.1 Å². The summed E-state index contributed by atoms with van der Waals surface area (Å²) in [6, 6.07) is 17.5. The van der Waals surface area contributed by atoms with Crippen LogP contribution < -0.4 is 4.90 Å². The predicted octanol–water partition coefficient (Wildman–Crippen LogP) is 3.35. The molecule has 0 spiro atoms. The molecule has 126 valence electrons. The Morgan fingerprint density at radius 3 is 2.21 bits per heavy atom. The Morgan fingerprint density at radius 1 is 0.917 bits per heavy atom. The Bertz CT molecular complexity index is 650. The van der Waals surface area contributed by atoms with E-state index in [1.165, 1.54) is 12.0 Å². The van der Waals surface area contributed by atoms with E-state index < -0.39 is 0 Å². The molecular formula is C19H23N3O2. The highest BCUT2D eigenvalue weighted by Gasteiger charge is 2.17. The van der Waals surface area contributed by atoms with Crippen LogP contribution in [0.5, 0.6) is 0 Å². The van der Waals surface area contributed by atoms with Gasteiger partial charge in [-0.15, -0.1) is 0 Å². The number of anilines is 1. The number of hydrogen-bond acceptors (Lipinski definition) is 4. The third-order valence-electron chi connectivity index (χ3n) is 4.58. The Kier molecular flexibility index (Phi) is 5.43. The topological polar surface area (TPSA) is 49.6 Å². The van der Waals surface area contributed by atoms with Crippen LogP contribution >= 0.6 is 0 Å². The molecule has 1 saturated heterocycles. The van der Waals surface area contributed by atoms with Gasteiger partial charge in [-0.05, 0) is 37.1 Å². The molecule has 0 amide bonds. The minimum absolute atomic E-state index is 0.151. The van der Waals surface area contributed by atoms with E-state index in [0.29, 0.717) is 0 Å². The summed E-state index contributed by atoms with van der Waals surface area (Å²) in [6.07, 6.45) is 2.31. The molecule has 1 fully saturated rings. The molecule has 5 heteroatoms. The molecule has 5 nitrogen and oxygen atoms in total. The Morgan fingerprint density at radius 2 is 1.58 bits per heavy atom. The molecule has 0 aliphatic carbocycles.